The van der Waals surface area contributed by atoms with Crippen molar-refractivity contribution in [3.63, 3.8) is 0 Å². The van der Waals surface area contributed by atoms with Crippen LogP contribution in [-0.4, -0.2) is 134 Å². The average molecular weight is 1140 g/mol. The summed E-state index contributed by atoms with van der Waals surface area (Å²) in [6.07, 6.45) is 17.2. The first-order chi connectivity index (χ1) is 37.6. The van der Waals surface area contributed by atoms with Gasteiger partial charge in [0.25, 0.3) is 0 Å². The van der Waals surface area contributed by atoms with Crippen LogP contribution in [0.15, 0.2) is 73.3 Å². The van der Waals surface area contributed by atoms with Crippen LogP contribution in [0.2, 0.25) is 20.1 Å². The molecule has 0 radical (unpaired) electrons. The van der Waals surface area contributed by atoms with Crippen LogP contribution < -0.4 is 20.0 Å². The molecule has 3 aliphatic heterocycles. The van der Waals surface area contributed by atoms with Gasteiger partial charge in [0.2, 0.25) is 11.8 Å². The Kier molecular flexibility index (Phi) is 18.6. The predicted molar refractivity (Wildman–Crippen MR) is 311 cm³/mol. The summed E-state index contributed by atoms with van der Waals surface area (Å²) in [6, 6.07) is 15.2. The van der Waals surface area contributed by atoms with Crippen molar-refractivity contribution in [3.8, 4) is 0 Å². The van der Waals surface area contributed by atoms with Gasteiger partial charge in [-0.2, -0.15) is 20.4 Å². The number of benzene rings is 4. The van der Waals surface area contributed by atoms with E-state index in [9.17, 15) is 19.5 Å². The number of aromatic amines is 4. The molecule has 7 N–H and O–H groups in total. The summed E-state index contributed by atoms with van der Waals surface area (Å²) >= 11 is 24.6. The van der Waals surface area contributed by atoms with Gasteiger partial charge in [0.1, 0.15) is 0 Å². The highest BCUT2D eigenvalue weighted by Gasteiger charge is 2.30. The molecular weight excluding hydrogens is 1080 g/mol. The van der Waals surface area contributed by atoms with Crippen molar-refractivity contribution < 1.29 is 24.6 Å². The van der Waals surface area contributed by atoms with E-state index < -0.39 is 12.1 Å². The van der Waals surface area contributed by atoms with Crippen LogP contribution in [0.1, 0.15) is 82.8 Å². The number of aromatic nitrogens is 8. The number of hydrogen-bond donors (Lipinski definition) is 7. The lowest BCUT2D eigenvalue weighted by Gasteiger charge is -2.36. The number of nitrogens with zero attached hydrogens (tertiary/aromatic N) is 8. The summed E-state index contributed by atoms with van der Waals surface area (Å²) in [5.41, 5.74) is 7.80. The first-order valence-corrected chi connectivity index (χ1v) is 28.2. The van der Waals surface area contributed by atoms with Crippen LogP contribution >= 0.6 is 46.4 Å². The van der Waals surface area contributed by atoms with Gasteiger partial charge in [0.05, 0.1) is 64.8 Å². The van der Waals surface area contributed by atoms with E-state index in [1.165, 1.54) is 19.3 Å². The average Bonchev–Trinajstić information content (AvgIpc) is 4.37. The first kappa shape index (κ1) is 56.4. The molecule has 4 aromatic heterocycles. The fourth-order valence-corrected chi connectivity index (χ4v) is 12.3. The van der Waals surface area contributed by atoms with Gasteiger partial charge in [0, 0.05) is 126 Å². The standard InChI is InChI=1S/C16H21ClN4O.C14H17ClN2O.C13H15ClN4O.C13H14ClN3O2/c1-11(22)20(2)9-12-4-3-5-21(10-12)16-7-13(17)6-15-14(16)8-18-19-15;15-10-6-11(12-8-16-17-13(12)7-10)14(18)9-4-2-1-3-5-9;1-15-13(19)8-2-3-18(7-8)12-5-9(14)4-11-10(12)6-16-17-11;14-9-5-11-10(7-15-16-11)12(6-9)17-3-1-8(2-4-17)13(18)19/h6-8,12H,3-5,9-10H2,1-2H3,(H,18,19);6-9,14,18H,1-5H2,(H,16,17);4-6,8H,2-3,7H2,1H3,(H,15,19)(H,16,17);5-8H,1-4H2,(H,15,16)(H,18,19). The number of amides is 2. The summed E-state index contributed by atoms with van der Waals surface area (Å²) in [5.74, 6) is 0.198. The number of carbonyl (C=O) groups excluding carboxylic acids is 2. The number of nitrogens with one attached hydrogen (secondary N) is 5. The molecule has 3 unspecified atom stereocenters. The lowest BCUT2D eigenvalue weighted by Crippen LogP contribution is -2.41. The quantitative estimate of drug-likeness (QED) is 0.0716. The second-order valence-electron chi connectivity index (χ2n) is 20.9. The summed E-state index contributed by atoms with van der Waals surface area (Å²) in [5, 5.41) is 57.2. The maximum absolute atomic E-state index is 11.7. The van der Waals surface area contributed by atoms with Crippen LogP contribution in [0.5, 0.6) is 0 Å². The molecule has 12 rings (SSSR count). The highest BCUT2D eigenvalue weighted by atomic mass is 35.5. The second-order valence-corrected chi connectivity index (χ2v) is 22.7. The van der Waals surface area contributed by atoms with Gasteiger partial charge in [-0.05, 0) is 111 Å². The molecule has 3 saturated heterocycles. The predicted octanol–water partition coefficient (Wildman–Crippen LogP) is 11.0. The Bertz CT molecular complexity index is 3350. The van der Waals surface area contributed by atoms with Crippen LogP contribution in [0.4, 0.5) is 17.1 Å². The van der Waals surface area contributed by atoms with Gasteiger partial charge in [0.15, 0.2) is 0 Å². The molecule has 414 valence electrons. The Labute approximate surface area is 472 Å². The number of fused-ring (bicyclic) bond motifs is 4. The second kappa shape index (κ2) is 25.7. The molecule has 22 heteroatoms. The number of anilines is 3. The van der Waals surface area contributed by atoms with Crippen molar-refractivity contribution >= 4 is 125 Å². The van der Waals surface area contributed by atoms with E-state index in [1.54, 1.807) is 37.5 Å². The number of carboxylic acids is 1. The third-order valence-corrected chi connectivity index (χ3v) is 16.6. The lowest BCUT2D eigenvalue weighted by molar-refractivity contribution is -0.142. The van der Waals surface area contributed by atoms with Crippen LogP contribution in [0, 0.1) is 23.7 Å². The molecule has 1 aliphatic carbocycles. The number of piperidine rings is 2. The molecule has 18 nitrogen and oxygen atoms in total. The number of carbonyl (C=O) groups is 3. The lowest BCUT2D eigenvalue weighted by atomic mass is 9.82. The third kappa shape index (κ3) is 13.4. The summed E-state index contributed by atoms with van der Waals surface area (Å²) in [6.45, 7) is 7.43. The maximum Gasteiger partial charge on any atom is 0.306 e. The fraction of sp³-hybridized carbons (Fsp3) is 0.446. The Balaban J connectivity index is 0.000000127. The van der Waals surface area contributed by atoms with Crippen LogP contribution in [0.25, 0.3) is 43.6 Å². The number of aliphatic hydroxyl groups is 1. The number of hydrogen-bond acceptors (Lipinski definition) is 11. The Morgan fingerprint density at radius 1 is 0.603 bits per heavy atom. The Hall–Kier alpha value is -6.31. The zero-order chi connectivity index (χ0) is 55.0. The summed E-state index contributed by atoms with van der Waals surface area (Å²) < 4.78 is 0. The molecule has 2 amide bonds. The van der Waals surface area contributed by atoms with Gasteiger partial charge < -0.3 is 35.1 Å². The molecule has 0 spiro atoms. The minimum absolute atomic E-state index is 0.0472. The minimum atomic E-state index is -0.695. The zero-order valence-corrected chi connectivity index (χ0v) is 47.1. The molecular formula is C56H67Cl4N13O5. The van der Waals surface area contributed by atoms with E-state index in [1.807, 2.05) is 61.8 Å². The van der Waals surface area contributed by atoms with Crippen molar-refractivity contribution in [3.05, 3.63) is 99.0 Å². The highest BCUT2D eigenvalue weighted by Crippen LogP contribution is 2.39. The van der Waals surface area contributed by atoms with Crippen molar-refractivity contribution in [1.82, 2.24) is 51.0 Å². The van der Waals surface area contributed by atoms with Crippen LogP contribution in [0.3, 0.4) is 0 Å². The molecule has 4 aliphatic rings. The van der Waals surface area contributed by atoms with Gasteiger partial charge in [-0.15, -0.1) is 0 Å². The maximum atomic E-state index is 11.7. The van der Waals surface area contributed by atoms with Crippen molar-refractivity contribution in [1.29, 1.82) is 0 Å². The molecule has 4 fully saturated rings. The van der Waals surface area contributed by atoms with E-state index in [0.29, 0.717) is 39.7 Å². The number of H-pyrrole nitrogens is 4. The van der Waals surface area contributed by atoms with Crippen molar-refractivity contribution in [2.75, 3.05) is 74.6 Å². The zero-order valence-electron chi connectivity index (χ0n) is 44.0. The smallest absolute Gasteiger partial charge is 0.306 e. The number of rotatable bonds is 9. The molecule has 0 bridgehead atoms. The Morgan fingerprint density at radius 3 is 1.55 bits per heavy atom. The summed E-state index contributed by atoms with van der Waals surface area (Å²) in [4.78, 5) is 42.6. The van der Waals surface area contributed by atoms with Crippen molar-refractivity contribution in [2.45, 2.75) is 77.2 Å². The van der Waals surface area contributed by atoms with Gasteiger partial charge in [-0.1, -0.05) is 65.7 Å². The molecule has 1 saturated carbocycles. The number of aliphatic carboxylic acids is 1. The van der Waals surface area contributed by atoms with Gasteiger partial charge in [-0.3, -0.25) is 34.8 Å². The van der Waals surface area contributed by atoms with Gasteiger partial charge >= 0.3 is 5.97 Å². The molecule has 7 heterocycles. The fourth-order valence-electron chi connectivity index (χ4n) is 11.5. The van der Waals surface area contributed by atoms with E-state index in [2.05, 4.69) is 60.8 Å². The summed E-state index contributed by atoms with van der Waals surface area (Å²) in [7, 11) is 3.55. The third-order valence-electron chi connectivity index (χ3n) is 15.7. The molecule has 3 atom stereocenters. The normalized spacial score (nSPS) is 18.5. The minimum Gasteiger partial charge on any atom is -0.481 e. The number of carboxylic acid groups (broad SMARTS) is 1. The van der Waals surface area contributed by atoms with Crippen LogP contribution in [-0.2, 0) is 14.4 Å². The van der Waals surface area contributed by atoms with E-state index >= 15 is 0 Å². The van der Waals surface area contributed by atoms with E-state index in [-0.39, 0.29) is 23.7 Å². The first-order valence-electron chi connectivity index (χ1n) is 26.7. The highest BCUT2D eigenvalue weighted by molar-refractivity contribution is 6.33. The Morgan fingerprint density at radius 2 is 1.05 bits per heavy atom. The molecule has 4 aromatic carbocycles. The number of halogens is 4. The number of aliphatic hydroxyl groups excluding tert-OH is 1. The van der Waals surface area contributed by atoms with Gasteiger partial charge in [-0.25, -0.2) is 0 Å². The van der Waals surface area contributed by atoms with Crippen molar-refractivity contribution in [2.24, 2.45) is 23.7 Å². The largest absolute Gasteiger partial charge is 0.481 e. The topological polar surface area (TPSA) is 231 Å². The molecule has 78 heavy (non-hydrogen) atoms. The monoisotopic (exact) mass is 1140 g/mol. The SMILES string of the molecule is CC(=O)N(C)CC1CCCN(c2cc(Cl)cc3[nH]ncc23)C1.CNC(=O)C1CCN(c2cc(Cl)cc3[nH]ncc23)C1.O=C(O)C1CCN(c2cc(Cl)cc3[nH]ncc23)CC1.OC(c1cc(Cl)cc2[nH]ncc12)C1CCCCC1. The molecule has 8 aromatic rings. The van der Waals surface area contributed by atoms with E-state index in [0.717, 1.165) is 149 Å². The van der Waals surface area contributed by atoms with E-state index in [4.69, 9.17) is 51.5 Å².